The molecule has 9 heteroatoms. The molecular weight excluding hydrogens is 386 g/mol. The second-order valence-electron chi connectivity index (χ2n) is 6.37. The highest BCUT2D eigenvalue weighted by Crippen LogP contribution is 2.28. The van der Waals surface area contributed by atoms with Gasteiger partial charge >= 0.3 is 0 Å². The Hall–Kier alpha value is -3.88. The van der Waals surface area contributed by atoms with Crippen LogP contribution in [0.1, 0.15) is 30.2 Å². The molecule has 0 aliphatic carbocycles. The molecule has 9 nitrogen and oxygen atoms in total. The van der Waals surface area contributed by atoms with Crippen LogP contribution in [-0.4, -0.2) is 40.3 Å². The third kappa shape index (κ3) is 4.93. The molecule has 0 bridgehead atoms. The Morgan fingerprint density at radius 2 is 1.77 bits per heavy atom. The van der Waals surface area contributed by atoms with Crippen LogP contribution in [0.25, 0.3) is 0 Å². The number of carbonyl (C=O) groups is 2. The summed E-state index contributed by atoms with van der Waals surface area (Å²) in [6.45, 7) is 4.05. The third-order valence-electron chi connectivity index (χ3n) is 4.35. The van der Waals surface area contributed by atoms with Crippen molar-refractivity contribution in [3.8, 4) is 11.5 Å². The SMILES string of the molecule is CCOc1cc(C(=O)Nc2ccc(NC(=O)C(C)n3cncn3)cc2)ccc1OC. The van der Waals surface area contributed by atoms with Gasteiger partial charge in [-0.1, -0.05) is 0 Å². The average molecular weight is 409 g/mol. The van der Waals surface area contributed by atoms with Crippen molar-refractivity contribution in [3.63, 3.8) is 0 Å². The number of methoxy groups -OCH3 is 1. The molecule has 0 saturated carbocycles. The molecule has 2 aromatic carbocycles. The van der Waals surface area contributed by atoms with Gasteiger partial charge in [-0.05, 0) is 56.3 Å². The molecule has 0 saturated heterocycles. The van der Waals surface area contributed by atoms with Crippen LogP contribution in [0.5, 0.6) is 11.5 Å². The number of ether oxygens (including phenoxy) is 2. The van der Waals surface area contributed by atoms with Crippen LogP contribution in [0.15, 0.2) is 55.1 Å². The van der Waals surface area contributed by atoms with E-state index in [1.54, 1.807) is 56.5 Å². The van der Waals surface area contributed by atoms with Gasteiger partial charge in [0.2, 0.25) is 5.91 Å². The Bertz CT molecular complexity index is 1000. The van der Waals surface area contributed by atoms with Crippen molar-refractivity contribution in [1.29, 1.82) is 0 Å². The van der Waals surface area contributed by atoms with Gasteiger partial charge in [-0.2, -0.15) is 5.10 Å². The molecule has 2 N–H and O–H groups in total. The molecule has 0 aliphatic heterocycles. The average Bonchev–Trinajstić information content (AvgIpc) is 3.29. The molecule has 0 aliphatic rings. The minimum Gasteiger partial charge on any atom is -0.493 e. The molecule has 1 atom stereocenters. The Morgan fingerprint density at radius 3 is 2.37 bits per heavy atom. The van der Waals surface area contributed by atoms with Crippen molar-refractivity contribution in [2.24, 2.45) is 0 Å². The third-order valence-corrected chi connectivity index (χ3v) is 4.35. The molecule has 1 heterocycles. The highest BCUT2D eigenvalue weighted by atomic mass is 16.5. The number of rotatable bonds is 8. The first-order chi connectivity index (χ1) is 14.5. The fourth-order valence-corrected chi connectivity index (χ4v) is 2.71. The van der Waals surface area contributed by atoms with Gasteiger partial charge in [-0.15, -0.1) is 0 Å². The molecule has 3 rings (SSSR count). The Kier molecular flexibility index (Phi) is 6.63. The smallest absolute Gasteiger partial charge is 0.255 e. The first kappa shape index (κ1) is 20.8. The van der Waals surface area contributed by atoms with Crippen molar-refractivity contribution in [2.45, 2.75) is 19.9 Å². The molecule has 156 valence electrons. The van der Waals surface area contributed by atoms with Crippen LogP contribution in [-0.2, 0) is 4.79 Å². The van der Waals surface area contributed by atoms with E-state index in [0.29, 0.717) is 35.0 Å². The van der Waals surface area contributed by atoms with E-state index in [0.717, 1.165) is 0 Å². The van der Waals surface area contributed by atoms with E-state index < -0.39 is 6.04 Å². The van der Waals surface area contributed by atoms with Crippen molar-refractivity contribution in [3.05, 3.63) is 60.7 Å². The fourth-order valence-electron chi connectivity index (χ4n) is 2.71. The number of aromatic nitrogens is 3. The minimum atomic E-state index is -0.499. The number of anilines is 2. The monoisotopic (exact) mass is 409 g/mol. The topological polar surface area (TPSA) is 107 Å². The van der Waals surface area contributed by atoms with E-state index in [-0.39, 0.29) is 11.8 Å². The lowest BCUT2D eigenvalue weighted by atomic mass is 10.1. The lowest BCUT2D eigenvalue weighted by molar-refractivity contribution is -0.119. The molecule has 3 aromatic rings. The first-order valence-corrected chi connectivity index (χ1v) is 9.39. The van der Waals surface area contributed by atoms with Crippen LogP contribution in [0.3, 0.4) is 0 Å². The van der Waals surface area contributed by atoms with E-state index in [4.69, 9.17) is 9.47 Å². The Labute approximate surface area is 174 Å². The van der Waals surface area contributed by atoms with Crippen molar-refractivity contribution >= 4 is 23.2 Å². The summed E-state index contributed by atoms with van der Waals surface area (Å²) >= 11 is 0. The summed E-state index contributed by atoms with van der Waals surface area (Å²) in [5, 5.41) is 9.59. The normalized spacial score (nSPS) is 11.4. The number of amides is 2. The number of benzene rings is 2. The predicted octanol–water partition coefficient (Wildman–Crippen LogP) is 3.14. The summed E-state index contributed by atoms with van der Waals surface area (Å²) in [5.74, 6) is 0.565. The Balaban J connectivity index is 1.63. The summed E-state index contributed by atoms with van der Waals surface area (Å²) in [5.41, 5.74) is 1.64. The van der Waals surface area contributed by atoms with Gasteiger partial charge in [0, 0.05) is 16.9 Å². The molecule has 1 aromatic heterocycles. The van der Waals surface area contributed by atoms with Gasteiger partial charge in [0.1, 0.15) is 18.7 Å². The molecule has 2 amide bonds. The van der Waals surface area contributed by atoms with E-state index in [2.05, 4.69) is 20.7 Å². The van der Waals surface area contributed by atoms with E-state index >= 15 is 0 Å². The number of nitrogens with zero attached hydrogens (tertiary/aromatic N) is 3. The highest BCUT2D eigenvalue weighted by molar-refractivity contribution is 6.04. The van der Waals surface area contributed by atoms with Crippen LogP contribution in [0.4, 0.5) is 11.4 Å². The second kappa shape index (κ2) is 9.55. The van der Waals surface area contributed by atoms with Crippen molar-refractivity contribution in [1.82, 2.24) is 14.8 Å². The number of hydrogen-bond donors (Lipinski definition) is 2. The van der Waals surface area contributed by atoms with E-state index in [1.807, 2.05) is 6.92 Å². The van der Waals surface area contributed by atoms with Gasteiger partial charge in [0.25, 0.3) is 5.91 Å². The first-order valence-electron chi connectivity index (χ1n) is 9.39. The molecule has 30 heavy (non-hydrogen) atoms. The van der Waals surface area contributed by atoms with Crippen LogP contribution < -0.4 is 20.1 Å². The van der Waals surface area contributed by atoms with Crippen LogP contribution in [0.2, 0.25) is 0 Å². The number of nitrogens with one attached hydrogen (secondary N) is 2. The number of hydrogen-bond acceptors (Lipinski definition) is 6. The molecule has 0 spiro atoms. The summed E-state index contributed by atoms with van der Waals surface area (Å²) in [6, 6.07) is 11.3. The van der Waals surface area contributed by atoms with Gasteiger partial charge in [-0.25, -0.2) is 9.67 Å². The van der Waals surface area contributed by atoms with Gasteiger partial charge in [0.05, 0.1) is 13.7 Å². The van der Waals surface area contributed by atoms with Gasteiger partial charge in [0.15, 0.2) is 11.5 Å². The van der Waals surface area contributed by atoms with Crippen LogP contribution >= 0.6 is 0 Å². The summed E-state index contributed by atoms with van der Waals surface area (Å²) in [4.78, 5) is 28.7. The lowest BCUT2D eigenvalue weighted by Crippen LogP contribution is -2.24. The lowest BCUT2D eigenvalue weighted by Gasteiger charge is -2.13. The quantitative estimate of drug-likeness (QED) is 0.592. The predicted molar refractivity (Wildman–Crippen MR) is 112 cm³/mol. The molecular formula is C21H23N5O4. The van der Waals surface area contributed by atoms with Crippen molar-refractivity contribution in [2.75, 3.05) is 24.4 Å². The zero-order chi connectivity index (χ0) is 21.5. The highest BCUT2D eigenvalue weighted by Gasteiger charge is 2.16. The molecule has 0 fully saturated rings. The standard InChI is InChI=1S/C21H23N5O4/c1-4-30-19-11-15(5-10-18(19)29-3)21(28)25-17-8-6-16(7-9-17)24-20(27)14(2)26-13-22-12-23-26/h5-14H,4H2,1-3H3,(H,24,27)(H,25,28). The number of carbonyl (C=O) groups excluding carboxylic acids is 2. The zero-order valence-corrected chi connectivity index (χ0v) is 17.0. The van der Waals surface area contributed by atoms with Gasteiger partial charge in [-0.3, -0.25) is 9.59 Å². The van der Waals surface area contributed by atoms with Crippen molar-refractivity contribution < 1.29 is 19.1 Å². The van der Waals surface area contributed by atoms with Crippen LogP contribution in [0, 0.1) is 0 Å². The van der Waals surface area contributed by atoms with E-state index in [1.165, 1.54) is 17.3 Å². The Morgan fingerprint density at radius 1 is 1.07 bits per heavy atom. The maximum atomic E-state index is 12.6. The fraction of sp³-hybridized carbons (Fsp3) is 0.238. The van der Waals surface area contributed by atoms with E-state index in [9.17, 15) is 9.59 Å². The largest absolute Gasteiger partial charge is 0.493 e. The zero-order valence-electron chi connectivity index (χ0n) is 17.0. The maximum Gasteiger partial charge on any atom is 0.255 e. The maximum absolute atomic E-state index is 12.6. The summed E-state index contributed by atoms with van der Waals surface area (Å²) < 4.78 is 12.2. The minimum absolute atomic E-state index is 0.223. The second-order valence-corrected chi connectivity index (χ2v) is 6.37. The van der Waals surface area contributed by atoms with Gasteiger partial charge < -0.3 is 20.1 Å². The molecule has 0 radical (unpaired) electrons. The molecule has 1 unspecified atom stereocenters. The summed E-state index contributed by atoms with van der Waals surface area (Å²) in [6.07, 6.45) is 2.86. The summed E-state index contributed by atoms with van der Waals surface area (Å²) in [7, 11) is 1.55.